The summed E-state index contributed by atoms with van der Waals surface area (Å²) in [6.45, 7) is 1.52. The number of nitrogens with one attached hydrogen (secondary N) is 2. The normalized spacial score (nSPS) is 12.1. The number of hydrogen-bond donors (Lipinski definition) is 2. The lowest BCUT2D eigenvalue weighted by molar-refractivity contribution is 0.601. The summed E-state index contributed by atoms with van der Waals surface area (Å²) in [5.41, 5.74) is 0.681. The summed E-state index contributed by atoms with van der Waals surface area (Å²) in [4.78, 5) is 0. The zero-order valence-corrected chi connectivity index (χ0v) is 11.9. The van der Waals surface area contributed by atoms with E-state index in [1.807, 2.05) is 0 Å². The lowest BCUT2D eigenvalue weighted by Gasteiger charge is -2.08. The first-order chi connectivity index (χ1) is 8.28. The molecular weight excluding hydrogens is 300 g/mol. The quantitative estimate of drug-likeness (QED) is 0.776. The highest BCUT2D eigenvalue weighted by atomic mass is 35.5. The minimum Gasteiger partial charge on any atom is -0.284 e. The molecule has 0 amide bonds. The Morgan fingerprint density at radius 1 is 0.944 bits per heavy atom. The number of halogens is 1. The molecular formula is C9H13ClN2O4S2. The summed E-state index contributed by atoms with van der Waals surface area (Å²) in [5, 5.41) is -0.544. The maximum absolute atomic E-state index is 11.3. The van der Waals surface area contributed by atoms with E-state index in [0.29, 0.717) is 11.4 Å². The number of hydrogen-bond acceptors (Lipinski definition) is 4. The van der Waals surface area contributed by atoms with E-state index in [9.17, 15) is 16.8 Å². The number of benzene rings is 1. The van der Waals surface area contributed by atoms with E-state index in [4.69, 9.17) is 11.6 Å². The van der Waals surface area contributed by atoms with Gasteiger partial charge in [0.15, 0.2) is 0 Å². The largest absolute Gasteiger partial charge is 0.284 e. The molecule has 9 heteroatoms. The minimum absolute atomic E-state index is 0.0341. The molecule has 0 fully saturated rings. The molecule has 102 valence electrons. The summed E-state index contributed by atoms with van der Waals surface area (Å²) < 4.78 is 49.5. The van der Waals surface area contributed by atoms with Gasteiger partial charge >= 0.3 is 0 Å². The molecule has 0 saturated heterocycles. The number of anilines is 2. The standard InChI is InChI=1S/C9H13ClN2O4S2/c1-2-17(13,14)11-8-3-5-9(6-4-8)12-18(15,16)7-10/h3-6,11-12H,2,7H2,1H3. The van der Waals surface area contributed by atoms with Crippen LogP contribution in [0.1, 0.15) is 6.92 Å². The smallest absolute Gasteiger partial charge is 0.246 e. The second kappa shape index (κ2) is 5.77. The van der Waals surface area contributed by atoms with Crippen molar-refractivity contribution < 1.29 is 16.8 Å². The second-order valence-corrected chi connectivity index (χ2v) is 7.73. The molecule has 0 heterocycles. The van der Waals surface area contributed by atoms with E-state index in [1.165, 1.54) is 31.2 Å². The molecule has 0 unspecified atom stereocenters. The van der Waals surface area contributed by atoms with Gasteiger partial charge in [-0.05, 0) is 31.2 Å². The molecule has 1 rings (SSSR count). The minimum atomic E-state index is -3.55. The third-order valence-corrected chi connectivity index (χ3v) is 4.96. The van der Waals surface area contributed by atoms with Crippen LogP contribution in [-0.2, 0) is 20.0 Å². The molecule has 0 aliphatic carbocycles. The van der Waals surface area contributed by atoms with Crippen molar-refractivity contribution in [1.29, 1.82) is 0 Å². The van der Waals surface area contributed by atoms with Crippen LogP contribution in [0.25, 0.3) is 0 Å². The zero-order chi connectivity index (χ0) is 13.8. The van der Waals surface area contributed by atoms with Crippen LogP contribution >= 0.6 is 11.6 Å². The van der Waals surface area contributed by atoms with Crippen LogP contribution < -0.4 is 9.44 Å². The summed E-state index contributed by atoms with van der Waals surface area (Å²) in [7, 11) is -6.88. The van der Waals surface area contributed by atoms with Gasteiger partial charge in [-0.3, -0.25) is 9.44 Å². The number of alkyl halides is 1. The molecule has 0 aromatic heterocycles. The molecule has 1 aromatic rings. The Balaban J connectivity index is 2.81. The second-order valence-electron chi connectivity index (χ2n) is 3.41. The van der Waals surface area contributed by atoms with Crippen molar-refractivity contribution in [2.75, 3.05) is 20.4 Å². The Hall–Kier alpha value is -0.990. The van der Waals surface area contributed by atoms with Gasteiger partial charge in [0.1, 0.15) is 5.21 Å². The van der Waals surface area contributed by atoms with Crippen LogP contribution in [0.4, 0.5) is 11.4 Å². The van der Waals surface area contributed by atoms with Crippen molar-refractivity contribution in [3.05, 3.63) is 24.3 Å². The van der Waals surface area contributed by atoms with E-state index in [2.05, 4.69) is 9.44 Å². The SMILES string of the molecule is CCS(=O)(=O)Nc1ccc(NS(=O)(=O)CCl)cc1. The molecule has 1 aromatic carbocycles. The van der Waals surface area contributed by atoms with E-state index in [0.717, 1.165) is 0 Å². The van der Waals surface area contributed by atoms with Gasteiger partial charge in [0.25, 0.3) is 0 Å². The Labute approximate surface area is 111 Å². The highest BCUT2D eigenvalue weighted by Gasteiger charge is 2.09. The van der Waals surface area contributed by atoms with E-state index in [1.54, 1.807) is 0 Å². The van der Waals surface area contributed by atoms with Gasteiger partial charge in [-0.15, -0.1) is 11.6 Å². The van der Waals surface area contributed by atoms with Gasteiger partial charge in [0.05, 0.1) is 5.75 Å². The van der Waals surface area contributed by atoms with E-state index >= 15 is 0 Å². The molecule has 18 heavy (non-hydrogen) atoms. The molecule has 0 saturated carbocycles. The van der Waals surface area contributed by atoms with Gasteiger partial charge in [-0.2, -0.15) is 0 Å². The van der Waals surface area contributed by atoms with Gasteiger partial charge in [-0.25, -0.2) is 16.8 Å². The first-order valence-electron chi connectivity index (χ1n) is 4.95. The van der Waals surface area contributed by atoms with Crippen molar-refractivity contribution >= 4 is 43.0 Å². The fourth-order valence-electron chi connectivity index (χ4n) is 1.06. The molecule has 0 bridgehead atoms. The van der Waals surface area contributed by atoms with Gasteiger partial charge in [-0.1, -0.05) is 0 Å². The predicted octanol–water partition coefficient (Wildman–Crippen LogP) is 1.39. The summed E-state index contributed by atoms with van der Waals surface area (Å²) >= 11 is 5.24. The van der Waals surface area contributed by atoms with Crippen molar-refractivity contribution in [2.24, 2.45) is 0 Å². The average Bonchev–Trinajstić information content (AvgIpc) is 2.31. The lowest BCUT2D eigenvalue weighted by Crippen LogP contribution is -2.15. The van der Waals surface area contributed by atoms with Crippen LogP contribution in [0.5, 0.6) is 0 Å². The van der Waals surface area contributed by atoms with E-state index < -0.39 is 25.3 Å². The average molecular weight is 313 g/mol. The molecule has 0 radical (unpaired) electrons. The van der Waals surface area contributed by atoms with Crippen molar-refractivity contribution in [3.8, 4) is 0 Å². The number of rotatable bonds is 6. The van der Waals surface area contributed by atoms with Crippen LogP contribution in [0.3, 0.4) is 0 Å². The van der Waals surface area contributed by atoms with Crippen LogP contribution in [-0.4, -0.2) is 27.8 Å². The van der Waals surface area contributed by atoms with E-state index in [-0.39, 0.29) is 5.75 Å². The summed E-state index contributed by atoms with van der Waals surface area (Å²) in [6.07, 6.45) is 0. The molecule has 0 aliphatic rings. The molecule has 0 spiro atoms. The van der Waals surface area contributed by atoms with Gasteiger partial charge < -0.3 is 0 Å². The zero-order valence-electron chi connectivity index (χ0n) is 9.55. The van der Waals surface area contributed by atoms with Crippen molar-refractivity contribution in [3.63, 3.8) is 0 Å². The Morgan fingerprint density at radius 2 is 1.33 bits per heavy atom. The molecule has 0 aliphatic heterocycles. The van der Waals surface area contributed by atoms with Crippen molar-refractivity contribution in [2.45, 2.75) is 6.92 Å². The first-order valence-corrected chi connectivity index (χ1v) is 8.79. The molecule has 2 N–H and O–H groups in total. The third-order valence-electron chi connectivity index (χ3n) is 1.96. The highest BCUT2D eigenvalue weighted by Crippen LogP contribution is 2.16. The van der Waals surface area contributed by atoms with Crippen molar-refractivity contribution in [1.82, 2.24) is 0 Å². The first kappa shape index (κ1) is 15.1. The topological polar surface area (TPSA) is 92.3 Å². The van der Waals surface area contributed by atoms with Crippen LogP contribution in [0, 0.1) is 0 Å². The summed E-state index contributed by atoms with van der Waals surface area (Å²) in [5.74, 6) is -0.0341. The van der Waals surface area contributed by atoms with Gasteiger partial charge in [0, 0.05) is 11.4 Å². The number of sulfonamides is 2. The summed E-state index contributed by atoms with van der Waals surface area (Å²) in [6, 6.07) is 5.80. The monoisotopic (exact) mass is 312 g/mol. The molecule has 0 atom stereocenters. The molecule has 6 nitrogen and oxygen atoms in total. The fourth-order valence-corrected chi connectivity index (χ4v) is 2.42. The Morgan fingerprint density at radius 3 is 1.67 bits per heavy atom. The maximum Gasteiger partial charge on any atom is 0.246 e. The predicted molar refractivity (Wildman–Crippen MR) is 72.8 cm³/mol. The Kier molecular flexibility index (Phi) is 4.83. The Bertz CT molecular complexity index is 541. The van der Waals surface area contributed by atoms with Crippen LogP contribution in [0.2, 0.25) is 0 Å². The highest BCUT2D eigenvalue weighted by molar-refractivity contribution is 7.93. The van der Waals surface area contributed by atoms with Crippen LogP contribution in [0.15, 0.2) is 24.3 Å². The maximum atomic E-state index is 11.3. The van der Waals surface area contributed by atoms with Gasteiger partial charge in [0.2, 0.25) is 20.0 Å². The third kappa shape index (κ3) is 4.71. The fraction of sp³-hybridized carbons (Fsp3) is 0.333. The lowest BCUT2D eigenvalue weighted by atomic mass is 10.3.